The second-order valence-electron chi connectivity index (χ2n) is 7.32. The zero-order valence-corrected chi connectivity index (χ0v) is 15.7. The van der Waals surface area contributed by atoms with E-state index in [1.54, 1.807) is 0 Å². The molecular weight excluding hydrogens is 343 g/mol. The van der Waals surface area contributed by atoms with Crippen LogP contribution in [0.4, 0.5) is 4.39 Å². The Morgan fingerprint density at radius 1 is 1.22 bits per heavy atom. The van der Waals surface area contributed by atoms with E-state index in [1.807, 2.05) is 43.4 Å². The van der Waals surface area contributed by atoms with Gasteiger partial charge in [-0.25, -0.2) is 9.37 Å². The van der Waals surface area contributed by atoms with Crippen LogP contribution in [0.1, 0.15) is 17.9 Å². The number of hydrogen-bond donors (Lipinski definition) is 0. The fourth-order valence-corrected chi connectivity index (χ4v) is 3.65. The summed E-state index contributed by atoms with van der Waals surface area (Å²) in [6.45, 7) is 3.30. The summed E-state index contributed by atoms with van der Waals surface area (Å²) < 4.78 is 15.3. The van der Waals surface area contributed by atoms with Gasteiger partial charge >= 0.3 is 0 Å². The van der Waals surface area contributed by atoms with Gasteiger partial charge in [0.25, 0.3) is 0 Å². The molecule has 0 unspecified atom stereocenters. The fourth-order valence-electron chi connectivity index (χ4n) is 3.65. The first-order valence-electron chi connectivity index (χ1n) is 9.25. The summed E-state index contributed by atoms with van der Waals surface area (Å²) in [5.41, 5.74) is 2.89. The van der Waals surface area contributed by atoms with Gasteiger partial charge in [-0.1, -0.05) is 12.1 Å². The normalized spacial score (nSPS) is 17.7. The van der Waals surface area contributed by atoms with Crippen molar-refractivity contribution in [3.8, 4) is 11.3 Å². The number of aryl methyl sites for hydroxylation is 1. The summed E-state index contributed by atoms with van der Waals surface area (Å²) in [4.78, 5) is 23.0. The van der Waals surface area contributed by atoms with Crippen molar-refractivity contribution in [3.63, 3.8) is 0 Å². The highest BCUT2D eigenvalue weighted by molar-refractivity contribution is 5.88. The van der Waals surface area contributed by atoms with Crippen molar-refractivity contribution in [1.29, 1.82) is 0 Å². The average Bonchev–Trinajstić information content (AvgIpc) is 3.20. The van der Waals surface area contributed by atoms with Crippen LogP contribution in [0.5, 0.6) is 0 Å². The summed E-state index contributed by atoms with van der Waals surface area (Å²) >= 11 is 0. The largest absolute Gasteiger partial charge is 0.331 e. The maximum Gasteiger partial charge on any atom is 0.152 e. The second kappa shape index (κ2) is 7.19. The molecule has 0 radical (unpaired) electrons. The topological polar surface area (TPSA) is 51.0 Å². The van der Waals surface area contributed by atoms with Gasteiger partial charge in [0, 0.05) is 43.0 Å². The molecule has 5 nitrogen and oxygen atoms in total. The Hall–Kier alpha value is -2.60. The number of hydrogen-bond acceptors (Lipinski definition) is 4. The van der Waals surface area contributed by atoms with Crippen molar-refractivity contribution < 1.29 is 9.18 Å². The fraction of sp³-hybridized carbons (Fsp3) is 0.381. The second-order valence-corrected chi connectivity index (χ2v) is 7.32. The summed E-state index contributed by atoms with van der Waals surface area (Å²) in [6.07, 6.45) is 3.68. The standard InChI is InChI=1S/C21H23FN4O/c1-14-23-11-21(25(14)2)15-3-4-16-10-24-19(8-17(16)7-15)9-20(27)13-26-6-5-18(22)12-26/h3-4,7-8,10-11,18H,5-6,9,12-13H2,1-2H3/t18-/m1/s1. The first kappa shape index (κ1) is 17.8. The molecular formula is C21H23FN4O. The molecule has 1 atom stereocenters. The molecule has 0 N–H and O–H groups in total. The number of ketones is 1. The van der Waals surface area contributed by atoms with Crippen LogP contribution in [0.25, 0.3) is 22.0 Å². The number of aromatic nitrogens is 3. The van der Waals surface area contributed by atoms with Gasteiger partial charge in [0.1, 0.15) is 12.0 Å². The molecule has 1 aliphatic rings. The average molecular weight is 366 g/mol. The van der Waals surface area contributed by atoms with Gasteiger partial charge < -0.3 is 4.57 Å². The lowest BCUT2D eigenvalue weighted by Crippen LogP contribution is -2.29. The van der Waals surface area contributed by atoms with Gasteiger partial charge in [-0.15, -0.1) is 0 Å². The van der Waals surface area contributed by atoms with Crippen molar-refractivity contribution in [2.75, 3.05) is 19.6 Å². The lowest BCUT2D eigenvalue weighted by atomic mass is 10.0. The van der Waals surface area contributed by atoms with E-state index in [2.05, 4.69) is 26.7 Å². The van der Waals surface area contributed by atoms with Gasteiger partial charge in [-0.3, -0.25) is 14.7 Å². The molecule has 6 heteroatoms. The summed E-state index contributed by atoms with van der Waals surface area (Å²) in [6, 6.07) is 8.18. The number of alkyl halides is 1. The molecule has 1 saturated heterocycles. The number of rotatable bonds is 5. The van der Waals surface area contributed by atoms with Crippen LogP contribution in [-0.4, -0.2) is 51.0 Å². The number of fused-ring (bicyclic) bond motifs is 1. The lowest BCUT2D eigenvalue weighted by Gasteiger charge is -2.13. The molecule has 1 fully saturated rings. The number of halogens is 1. The van der Waals surface area contributed by atoms with Crippen molar-refractivity contribution in [2.45, 2.75) is 25.9 Å². The van der Waals surface area contributed by atoms with Crippen LogP contribution in [-0.2, 0) is 18.3 Å². The van der Waals surface area contributed by atoms with E-state index in [-0.39, 0.29) is 12.2 Å². The van der Waals surface area contributed by atoms with E-state index < -0.39 is 6.17 Å². The lowest BCUT2D eigenvalue weighted by molar-refractivity contribution is -0.119. The molecule has 1 aliphatic heterocycles. The van der Waals surface area contributed by atoms with Crippen molar-refractivity contribution in [2.24, 2.45) is 7.05 Å². The molecule has 1 aromatic carbocycles. The van der Waals surface area contributed by atoms with Crippen LogP contribution < -0.4 is 0 Å². The van der Waals surface area contributed by atoms with Crippen molar-refractivity contribution in [1.82, 2.24) is 19.4 Å². The molecule has 0 amide bonds. The third-order valence-electron chi connectivity index (χ3n) is 5.29. The molecule has 0 saturated carbocycles. The molecule has 0 aliphatic carbocycles. The number of carbonyl (C=O) groups excluding carboxylic acids is 1. The van der Waals surface area contributed by atoms with Crippen molar-refractivity contribution in [3.05, 3.63) is 48.2 Å². The number of carbonyl (C=O) groups is 1. The number of Topliss-reactive ketones (excluding diaryl/α,β-unsaturated/α-hetero) is 1. The quantitative estimate of drug-likeness (QED) is 0.696. The predicted molar refractivity (Wildman–Crippen MR) is 103 cm³/mol. The Balaban J connectivity index is 1.54. The molecule has 2 aromatic heterocycles. The van der Waals surface area contributed by atoms with Gasteiger partial charge in [0.05, 0.1) is 24.9 Å². The van der Waals surface area contributed by atoms with Gasteiger partial charge in [-0.05, 0) is 30.9 Å². The maximum absolute atomic E-state index is 13.3. The van der Waals surface area contributed by atoms with Crippen molar-refractivity contribution >= 4 is 16.6 Å². The summed E-state index contributed by atoms with van der Waals surface area (Å²) in [7, 11) is 2.00. The number of nitrogens with zero attached hydrogens (tertiary/aromatic N) is 4. The Morgan fingerprint density at radius 2 is 2.07 bits per heavy atom. The van der Waals surface area contributed by atoms with Crippen LogP contribution in [0.3, 0.4) is 0 Å². The van der Waals surface area contributed by atoms with Crippen LogP contribution >= 0.6 is 0 Å². The zero-order valence-electron chi connectivity index (χ0n) is 15.7. The van der Waals surface area contributed by atoms with Gasteiger partial charge in [0.2, 0.25) is 0 Å². The zero-order chi connectivity index (χ0) is 19.0. The first-order chi connectivity index (χ1) is 13.0. The van der Waals surface area contributed by atoms with E-state index in [4.69, 9.17) is 0 Å². The Bertz CT molecular complexity index is 997. The van der Waals surface area contributed by atoms with E-state index in [9.17, 15) is 9.18 Å². The van der Waals surface area contributed by atoms with E-state index in [0.29, 0.717) is 26.1 Å². The molecule has 3 aromatic rings. The molecule has 0 spiro atoms. The van der Waals surface area contributed by atoms with E-state index in [0.717, 1.165) is 33.5 Å². The summed E-state index contributed by atoms with van der Waals surface area (Å²) in [5.74, 6) is 1.04. The minimum atomic E-state index is -0.800. The minimum Gasteiger partial charge on any atom is -0.331 e. The first-order valence-corrected chi connectivity index (χ1v) is 9.25. The number of benzene rings is 1. The Kier molecular flexibility index (Phi) is 4.74. The number of likely N-dealkylation sites (tertiary alicyclic amines) is 1. The highest BCUT2D eigenvalue weighted by Crippen LogP contribution is 2.25. The van der Waals surface area contributed by atoms with E-state index >= 15 is 0 Å². The predicted octanol–water partition coefficient (Wildman–Crippen LogP) is 3.10. The monoisotopic (exact) mass is 366 g/mol. The Morgan fingerprint density at radius 3 is 2.78 bits per heavy atom. The third-order valence-corrected chi connectivity index (χ3v) is 5.29. The molecule has 0 bridgehead atoms. The van der Waals surface area contributed by atoms with Gasteiger partial charge in [0.15, 0.2) is 5.78 Å². The third kappa shape index (κ3) is 3.76. The molecule has 27 heavy (non-hydrogen) atoms. The highest BCUT2D eigenvalue weighted by Gasteiger charge is 2.23. The van der Waals surface area contributed by atoms with Crippen LogP contribution in [0.2, 0.25) is 0 Å². The van der Waals surface area contributed by atoms with E-state index in [1.165, 1.54) is 0 Å². The molecule has 140 valence electrons. The van der Waals surface area contributed by atoms with Gasteiger partial charge in [-0.2, -0.15) is 0 Å². The molecule has 4 rings (SSSR count). The number of imidazole rings is 1. The van der Waals surface area contributed by atoms with Crippen LogP contribution in [0.15, 0.2) is 36.7 Å². The summed E-state index contributed by atoms with van der Waals surface area (Å²) in [5, 5.41) is 2.09. The van der Waals surface area contributed by atoms with Crippen LogP contribution in [0, 0.1) is 6.92 Å². The highest BCUT2D eigenvalue weighted by atomic mass is 19.1. The number of pyridine rings is 1. The Labute approximate surface area is 157 Å². The maximum atomic E-state index is 13.3. The molecule has 3 heterocycles. The minimum absolute atomic E-state index is 0.0781. The SMILES string of the molecule is Cc1ncc(-c2ccc3cnc(CC(=O)CN4CC[C@@H](F)C4)cc3c2)n1C. The smallest absolute Gasteiger partial charge is 0.152 e.